The Hall–Kier alpha value is -3.00. The molecule has 3 aromatic heterocycles. The maximum atomic E-state index is 12.9. The molecule has 0 atom stereocenters. The number of anilines is 1. The Balaban J connectivity index is 1.67. The third kappa shape index (κ3) is 3.16. The first kappa shape index (κ1) is 15.5. The molecule has 0 unspecified atom stereocenters. The molecule has 0 aliphatic rings. The zero-order valence-electron chi connectivity index (χ0n) is 13.5. The fourth-order valence-corrected chi connectivity index (χ4v) is 3.49. The number of thiazole rings is 1. The Bertz CT molecular complexity index is 972. The van der Waals surface area contributed by atoms with Crippen molar-refractivity contribution in [2.75, 3.05) is 11.4 Å². The number of hydrogen-bond acceptors (Lipinski definition) is 6. The van der Waals surface area contributed by atoms with Gasteiger partial charge in [-0.15, -0.1) is 0 Å². The van der Waals surface area contributed by atoms with Crippen LogP contribution in [0.1, 0.15) is 16.2 Å². The summed E-state index contributed by atoms with van der Waals surface area (Å²) < 4.78 is 7.86. The molecule has 7 nitrogen and oxygen atoms in total. The van der Waals surface area contributed by atoms with E-state index < -0.39 is 0 Å². The number of aryl methyl sites for hydroxylation is 1. The van der Waals surface area contributed by atoms with Gasteiger partial charge < -0.3 is 4.52 Å². The summed E-state index contributed by atoms with van der Waals surface area (Å²) in [6.45, 7) is 2.76. The van der Waals surface area contributed by atoms with Crippen molar-refractivity contribution in [3.63, 3.8) is 0 Å². The van der Waals surface area contributed by atoms with Gasteiger partial charge in [0, 0.05) is 25.0 Å². The molecule has 3 heterocycles. The lowest BCUT2D eigenvalue weighted by molar-refractivity contribution is 0.0977. The number of carbonyl (C=O) groups excluding carboxylic acids is 1. The van der Waals surface area contributed by atoms with Crippen LogP contribution < -0.4 is 4.90 Å². The van der Waals surface area contributed by atoms with Gasteiger partial charge in [0.15, 0.2) is 10.8 Å². The maximum absolute atomic E-state index is 12.9. The first-order chi connectivity index (χ1) is 12.2. The number of aromatic nitrogens is 4. The molecule has 0 aliphatic heterocycles. The number of hydrogen-bond donors (Lipinski definition) is 0. The van der Waals surface area contributed by atoms with Gasteiger partial charge in [0.25, 0.3) is 5.91 Å². The van der Waals surface area contributed by atoms with Gasteiger partial charge >= 0.3 is 0 Å². The largest absolute Gasteiger partial charge is 0.361 e. The number of amides is 1. The van der Waals surface area contributed by atoms with E-state index in [1.54, 1.807) is 28.8 Å². The Morgan fingerprint density at radius 3 is 2.92 bits per heavy atom. The Morgan fingerprint density at radius 2 is 2.20 bits per heavy atom. The Labute approximate surface area is 147 Å². The highest BCUT2D eigenvalue weighted by Crippen LogP contribution is 2.29. The number of fused-ring (bicyclic) bond motifs is 1. The molecule has 0 aliphatic carbocycles. The van der Waals surface area contributed by atoms with E-state index in [9.17, 15) is 4.79 Å². The number of carbonyl (C=O) groups is 1. The van der Waals surface area contributed by atoms with Crippen molar-refractivity contribution in [3.8, 4) is 0 Å². The van der Waals surface area contributed by atoms with E-state index in [-0.39, 0.29) is 11.6 Å². The van der Waals surface area contributed by atoms with Crippen LogP contribution in [0.3, 0.4) is 0 Å². The van der Waals surface area contributed by atoms with E-state index in [1.807, 2.05) is 36.5 Å². The highest BCUT2D eigenvalue weighted by atomic mass is 32.1. The summed E-state index contributed by atoms with van der Waals surface area (Å²) in [5.74, 6) is 0.364. The smallest absolute Gasteiger partial charge is 0.282 e. The SMILES string of the molecule is Cc1cc(C(=O)N(CCn2cccn2)c2nc3ccccc3s2)no1. The van der Waals surface area contributed by atoms with Crippen LogP contribution in [0.2, 0.25) is 0 Å². The molecular weight excluding hydrogens is 338 g/mol. The molecule has 4 aromatic rings. The van der Waals surface area contributed by atoms with Crippen LogP contribution >= 0.6 is 11.3 Å². The van der Waals surface area contributed by atoms with E-state index in [1.165, 1.54) is 11.3 Å². The van der Waals surface area contributed by atoms with Gasteiger partial charge in [-0.2, -0.15) is 5.10 Å². The van der Waals surface area contributed by atoms with E-state index in [4.69, 9.17) is 4.52 Å². The van der Waals surface area contributed by atoms with E-state index in [0.717, 1.165) is 10.2 Å². The van der Waals surface area contributed by atoms with E-state index >= 15 is 0 Å². The summed E-state index contributed by atoms with van der Waals surface area (Å²) in [6, 6.07) is 11.3. The Morgan fingerprint density at radius 1 is 1.32 bits per heavy atom. The second-order valence-corrected chi connectivity index (χ2v) is 6.52. The average molecular weight is 353 g/mol. The molecule has 0 fully saturated rings. The van der Waals surface area contributed by atoms with Crippen molar-refractivity contribution in [2.45, 2.75) is 13.5 Å². The molecule has 0 spiro atoms. The molecule has 1 amide bonds. The second-order valence-electron chi connectivity index (χ2n) is 5.51. The molecule has 0 radical (unpaired) electrons. The van der Waals surface area contributed by atoms with Gasteiger partial charge in [0.1, 0.15) is 5.76 Å². The van der Waals surface area contributed by atoms with Crippen LogP contribution in [0.4, 0.5) is 5.13 Å². The van der Waals surface area contributed by atoms with Gasteiger partial charge in [-0.25, -0.2) is 4.98 Å². The number of nitrogens with zero attached hydrogens (tertiary/aromatic N) is 5. The van der Waals surface area contributed by atoms with Crippen molar-refractivity contribution in [1.82, 2.24) is 19.9 Å². The van der Waals surface area contributed by atoms with Crippen LogP contribution in [0, 0.1) is 6.92 Å². The zero-order chi connectivity index (χ0) is 17.2. The van der Waals surface area contributed by atoms with Gasteiger partial charge in [-0.1, -0.05) is 28.6 Å². The van der Waals surface area contributed by atoms with Crippen molar-refractivity contribution in [2.24, 2.45) is 0 Å². The first-order valence-corrected chi connectivity index (χ1v) is 8.60. The summed E-state index contributed by atoms with van der Waals surface area (Å²) in [7, 11) is 0. The molecular formula is C17H15N5O2S. The zero-order valence-corrected chi connectivity index (χ0v) is 14.3. The molecule has 0 bridgehead atoms. The summed E-state index contributed by atoms with van der Waals surface area (Å²) >= 11 is 1.48. The lowest BCUT2D eigenvalue weighted by atomic mass is 10.3. The number of benzene rings is 1. The van der Waals surface area contributed by atoms with Gasteiger partial charge in [-0.05, 0) is 25.1 Å². The second kappa shape index (κ2) is 6.48. The van der Waals surface area contributed by atoms with Crippen molar-refractivity contribution in [3.05, 3.63) is 60.2 Å². The van der Waals surface area contributed by atoms with Gasteiger partial charge in [-0.3, -0.25) is 14.4 Å². The highest BCUT2D eigenvalue weighted by molar-refractivity contribution is 7.22. The maximum Gasteiger partial charge on any atom is 0.282 e. The van der Waals surface area contributed by atoms with Crippen molar-refractivity contribution < 1.29 is 9.32 Å². The summed E-state index contributed by atoms with van der Waals surface area (Å²) in [5, 5.41) is 8.68. The molecule has 0 N–H and O–H groups in total. The molecule has 0 saturated heterocycles. The minimum atomic E-state index is -0.233. The molecule has 1 aromatic carbocycles. The predicted octanol–water partition coefficient (Wildman–Crippen LogP) is 3.14. The van der Waals surface area contributed by atoms with Crippen LogP contribution in [0.5, 0.6) is 0 Å². The minimum absolute atomic E-state index is 0.233. The highest BCUT2D eigenvalue weighted by Gasteiger charge is 2.24. The normalized spacial score (nSPS) is 11.1. The standard InChI is InChI=1S/C17H15N5O2S/c1-12-11-14(20-24-12)16(23)22(10-9-21-8-4-7-18-21)17-19-13-5-2-3-6-15(13)25-17/h2-8,11H,9-10H2,1H3. The van der Waals surface area contributed by atoms with Crippen LogP contribution in [-0.2, 0) is 6.54 Å². The van der Waals surface area contributed by atoms with E-state index in [2.05, 4.69) is 15.2 Å². The molecule has 25 heavy (non-hydrogen) atoms. The Kier molecular flexibility index (Phi) is 4.02. The fraction of sp³-hybridized carbons (Fsp3) is 0.176. The van der Waals surface area contributed by atoms with Crippen LogP contribution in [0.25, 0.3) is 10.2 Å². The third-order valence-electron chi connectivity index (χ3n) is 3.72. The summed E-state index contributed by atoms with van der Waals surface area (Å²) in [5.41, 5.74) is 1.15. The number of para-hydroxylation sites is 1. The third-order valence-corrected chi connectivity index (χ3v) is 4.78. The first-order valence-electron chi connectivity index (χ1n) is 7.79. The van der Waals surface area contributed by atoms with E-state index in [0.29, 0.717) is 24.0 Å². The molecule has 8 heteroatoms. The molecule has 4 rings (SSSR count). The van der Waals surface area contributed by atoms with Crippen molar-refractivity contribution >= 4 is 32.6 Å². The summed E-state index contributed by atoms with van der Waals surface area (Å²) in [6.07, 6.45) is 3.58. The summed E-state index contributed by atoms with van der Waals surface area (Å²) in [4.78, 5) is 19.2. The lowest BCUT2D eigenvalue weighted by Gasteiger charge is -2.18. The van der Waals surface area contributed by atoms with Crippen LogP contribution in [0.15, 0.2) is 53.3 Å². The monoisotopic (exact) mass is 353 g/mol. The van der Waals surface area contributed by atoms with Gasteiger partial charge in [0.05, 0.1) is 16.8 Å². The van der Waals surface area contributed by atoms with Crippen LogP contribution in [-0.4, -0.2) is 32.4 Å². The fourth-order valence-electron chi connectivity index (χ4n) is 2.50. The van der Waals surface area contributed by atoms with Crippen molar-refractivity contribution in [1.29, 1.82) is 0 Å². The predicted molar refractivity (Wildman–Crippen MR) is 94.8 cm³/mol. The topological polar surface area (TPSA) is 77.1 Å². The number of rotatable bonds is 5. The average Bonchev–Trinajstić information content (AvgIpc) is 3.34. The minimum Gasteiger partial charge on any atom is -0.361 e. The molecule has 0 saturated carbocycles. The quantitative estimate of drug-likeness (QED) is 0.551. The lowest BCUT2D eigenvalue weighted by Crippen LogP contribution is -2.34. The molecule has 126 valence electrons. The van der Waals surface area contributed by atoms with Gasteiger partial charge in [0.2, 0.25) is 0 Å².